The first kappa shape index (κ1) is 24.6. The smallest absolute Gasteiger partial charge is 0.350 e. The molecule has 1 aliphatic rings. The van der Waals surface area contributed by atoms with Crippen molar-refractivity contribution in [1.82, 2.24) is 0 Å². The van der Waals surface area contributed by atoms with E-state index in [2.05, 4.69) is 28.5 Å². The molecule has 0 bridgehead atoms. The zero-order chi connectivity index (χ0) is 22.4. The number of terminal acetylenes is 1. The second kappa shape index (κ2) is 10.5. The Morgan fingerprint density at radius 3 is 2.33 bits per heavy atom. The van der Waals surface area contributed by atoms with E-state index < -0.39 is 42.0 Å². The van der Waals surface area contributed by atoms with Gasteiger partial charge in [-0.3, -0.25) is 0 Å². The summed E-state index contributed by atoms with van der Waals surface area (Å²) < 4.78 is 22.3. The lowest BCUT2D eigenvalue weighted by Gasteiger charge is -2.32. The maximum absolute atomic E-state index is 12.9. The molecule has 164 valence electrons. The Morgan fingerprint density at radius 2 is 1.83 bits per heavy atom. The van der Waals surface area contributed by atoms with E-state index in [0.29, 0.717) is 5.56 Å². The molecule has 1 saturated heterocycles. The van der Waals surface area contributed by atoms with Crippen LogP contribution < -0.4 is 0 Å². The van der Waals surface area contributed by atoms with E-state index >= 15 is 0 Å². The molecule has 0 aromatic heterocycles. The predicted octanol–water partition coefficient (Wildman–Crippen LogP) is 0.839. The molecule has 1 aromatic carbocycles. The lowest BCUT2D eigenvalue weighted by molar-refractivity contribution is -0.197. The molecule has 1 aliphatic heterocycles. The van der Waals surface area contributed by atoms with Gasteiger partial charge in [-0.1, -0.05) is 18.1 Å². The van der Waals surface area contributed by atoms with Gasteiger partial charge in [0.15, 0.2) is 5.60 Å². The second-order valence-electron chi connectivity index (χ2n) is 6.69. The van der Waals surface area contributed by atoms with Gasteiger partial charge >= 0.3 is 11.9 Å². The van der Waals surface area contributed by atoms with Crippen molar-refractivity contribution in [3.8, 4) is 12.3 Å². The third-order valence-electron chi connectivity index (χ3n) is 4.74. The number of hydrogen-bond donors (Lipinski definition) is 2. The van der Waals surface area contributed by atoms with E-state index in [1.54, 1.807) is 26.0 Å². The van der Waals surface area contributed by atoms with Crippen molar-refractivity contribution in [1.29, 1.82) is 0 Å². The summed E-state index contributed by atoms with van der Waals surface area (Å²) in [4.78, 5) is 25.8. The number of benzene rings is 1. The summed E-state index contributed by atoms with van der Waals surface area (Å²) in [6, 6.07) is 7.16. The van der Waals surface area contributed by atoms with E-state index in [-0.39, 0.29) is 26.2 Å². The van der Waals surface area contributed by atoms with Crippen molar-refractivity contribution in [2.45, 2.75) is 43.7 Å². The second-order valence-corrected chi connectivity index (χ2v) is 7.94. The van der Waals surface area contributed by atoms with Gasteiger partial charge in [0.2, 0.25) is 0 Å². The molecule has 0 saturated carbocycles. The van der Waals surface area contributed by atoms with Crippen molar-refractivity contribution in [2.24, 2.45) is 0 Å². The maximum atomic E-state index is 12.9. The Balaban J connectivity index is 2.39. The highest BCUT2D eigenvalue weighted by Gasteiger charge is 2.54. The first-order valence-corrected chi connectivity index (χ1v) is 10.5. The van der Waals surface area contributed by atoms with Crippen LogP contribution in [0.5, 0.6) is 0 Å². The number of carbonyl (C=O) groups excluding carboxylic acids is 2. The summed E-state index contributed by atoms with van der Waals surface area (Å²) in [7, 11) is 0. The van der Waals surface area contributed by atoms with Crippen LogP contribution in [0.15, 0.2) is 24.3 Å². The number of esters is 2. The van der Waals surface area contributed by atoms with Crippen molar-refractivity contribution >= 4 is 34.5 Å². The molecule has 9 heteroatoms. The third kappa shape index (κ3) is 5.12. The van der Waals surface area contributed by atoms with Crippen LogP contribution in [0, 0.1) is 15.9 Å². The van der Waals surface area contributed by atoms with Gasteiger partial charge in [0.25, 0.3) is 5.60 Å². The predicted molar refractivity (Wildman–Crippen MR) is 114 cm³/mol. The summed E-state index contributed by atoms with van der Waals surface area (Å²) in [5.41, 5.74) is -3.51. The highest BCUT2D eigenvalue weighted by molar-refractivity contribution is 14.1. The number of halogens is 1. The number of aliphatic hydroxyl groups is 2. The fourth-order valence-corrected chi connectivity index (χ4v) is 3.40. The molecule has 3 atom stereocenters. The molecule has 30 heavy (non-hydrogen) atoms. The van der Waals surface area contributed by atoms with Crippen LogP contribution in [0.4, 0.5) is 0 Å². The fourth-order valence-electron chi connectivity index (χ4n) is 3.04. The quantitative estimate of drug-likeness (QED) is 0.209. The monoisotopic (exact) mass is 532 g/mol. The zero-order valence-corrected chi connectivity index (χ0v) is 19.0. The van der Waals surface area contributed by atoms with Crippen LogP contribution in [0.25, 0.3) is 0 Å². The Morgan fingerprint density at radius 1 is 1.27 bits per heavy atom. The molecular formula is C21H25IO8. The first-order valence-electron chi connectivity index (χ1n) is 9.46. The molecule has 0 radical (unpaired) electrons. The largest absolute Gasteiger partial charge is 0.463 e. The van der Waals surface area contributed by atoms with Crippen molar-refractivity contribution in [3.05, 3.63) is 33.4 Å². The Bertz CT molecular complexity index is 769. The Kier molecular flexibility index (Phi) is 8.63. The fraction of sp³-hybridized carbons (Fsp3) is 0.524. The van der Waals surface area contributed by atoms with Gasteiger partial charge in [-0.05, 0) is 54.1 Å². The standard InChI is InChI=1S/C21H25IO8/c1-4-20(26)16(23)12-29-17(20)13-30-21(18(24)27-5-2,19(25)28-6-3)11-14-7-9-15(22)10-8-14/h1,7-10,16-17,23,26H,5-6,11-13H2,2-3H3/t16-,17+,20-/m0/s1. The molecule has 0 unspecified atom stereocenters. The van der Waals surface area contributed by atoms with Gasteiger partial charge in [-0.15, -0.1) is 6.42 Å². The normalized spacial score (nSPS) is 23.6. The van der Waals surface area contributed by atoms with Gasteiger partial charge < -0.3 is 29.2 Å². The van der Waals surface area contributed by atoms with Gasteiger partial charge in [0, 0.05) is 9.99 Å². The van der Waals surface area contributed by atoms with E-state index in [9.17, 15) is 19.8 Å². The molecule has 1 heterocycles. The molecule has 0 amide bonds. The number of aliphatic hydroxyl groups excluding tert-OH is 1. The molecule has 1 fully saturated rings. The van der Waals surface area contributed by atoms with Gasteiger partial charge in [0.05, 0.1) is 26.4 Å². The molecule has 2 N–H and O–H groups in total. The molecular weight excluding hydrogens is 507 g/mol. The molecule has 2 rings (SSSR count). The van der Waals surface area contributed by atoms with Crippen LogP contribution in [0.2, 0.25) is 0 Å². The van der Waals surface area contributed by atoms with Crippen LogP contribution in [0.3, 0.4) is 0 Å². The van der Waals surface area contributed by atoms with E-state index in [4.69, 9.17) is 25.4 Å². The van der Waals surface area contributed by atoms with Crippen molar-refractivity contribution in [3.63, 3.8) is 0 Å². The van der Waals surface area contributed by atoms with Crippen LogP contribution in [-0.4, -0.2) is 72.0 Å². The number of rotatable bonds is 9. The first-order chi connectivity index (χ1) is 14.2. The average molecular weight is 532 g/mol. The minimum absolute atomic E-state index is 0.0168. The average Bonchev–Trinajstić information content (AvgIpc) is 3.01. The lowest BCUT2D eigenvalue weighted by atomic mass is 9.92. The van der Waals surface area contributed by atoms with Crippen LogP contribution in [0.1, 0.15) is 19.4 Å². The topological polar surface area (TPSA) is 112 Å². The summed E-state index contributed by atoms with van der Waals surface area (Å²) in [5, 5.41) is 20.4. The molecule has 0 spiro atoms. The SMILES string of the molecule is C#C[C@]1(O)[C@@H](O)CO[C@@H]1COC(Cc1ccc(I)cc1)(C(=O)OCC)C(=O)OCC. The zero-order valence-electron chi connectivity index (χ0n) is 16.8. The minimum Gasteiger partial charge on any atom is -0.463 e. The van der Waals surface area contributed by atoms with Gasteiger partial charge in [0.1, 0.15) is 12.2 Å². The van der Waals surface area contributed by atoms with Gasteiger partial charge in [-0.25, -0.2) is 9.59 Å². The van der Waals surface area contributed by atoms with Crippen LogP contribution >= 0.6 is 22.6 Å². The number of hydrogen-bond acceptors (Lipinski definition) is 8. The summed E-state index contributed by atoms with van der Waals surface area (Å²) >= 11 is 2.14. The Labute approximate surface area is 189 Å². The third-order valence-corrected chi connectivity index (χ3v) is 5.46. The van der Waals surface area contributed by atoms with Crippen molar-refractivity contribution in [2.75, 3.05) is 26.4 Å². The molecule has 1 aromatic rings. The van der Waals surface area contributed by atoms with E-state index in [0.717, 1.165) is 3.57 Å². The Hall–Kier alpha value is -1.71. The van der Waals surface area contributed by atoms with E-state index in [1.165, 1.54) is 0 Å². The van der Waals surface area contributed by atoms with Crippen molar-refractivity contribution < 1.29 is 38.7 Å². The highest BCUT2D eigenvalue weighted by atomic mass is 127. The number of ether oxygens (including phenoxy) is 4. The molecule has 8 nitrogen and oxygen atoms in total. The minimum atomic E-state index is -2.13. The highest BCUT2D eigenvalue weighted by Crippen LogP contribution is 2.30. The number of carbonyl (C=O) groups is 2. The summed E-state index contributed by atoms with van der Waals surface area (Å²) in [6.45, 7) is 2.59. The lowest BCUT2D eigenvalue weighted by Crippen LogP contribution is -2.56. The maximum Gasteiger partial charge on any atom is 0.350 e. The summed E-state index contributed by atoms with van der Waals surface area (Å²) in [6.07, 6.45) is 2.72. The van der Waals surface area contributed by atoms with Gasteiger partial charge in [-0.2, -0.15) is 0 Å². The van der Waals surface area contributed by atoms with E-state index in [1.807, 2.05) is 12.1 Å². The van der Waals surface area contributed by atoms with Crippen LogP contribution in [-0.2, 0) is 35.0 Å². The summed E-state index contributed by atoms with van der Waals surface area (Å²) in [5.74, 6) is 0.256. The molecule has 0 aliphatic carbocycles.